The van der Waals surface area contributed by atoms with Crippen molar-refractivity contribution in [3.63, 3.8) is 0 Å². The molecule has 0 aliphatic heterocycles. The number of aromatic nitrogens is 1. The van der Waals surface area contributed by atoms with E-state index in [2.05, 4.69) is 26.2 Å². The van der Waals surface area contributed by atoms with Crippen molar-refractivity contribution >= 4 is 33.2 Å². The highest BCUT2D eigenvalue weighted by Gasteiger charge is 2.20. The SMILES string of the molecule is CC(C)(CCBr)NC(=O)c1cncs1. The number of halogens is 1. The molecule has 0 fully saturated rings. The fraction of sp³-hybridized carbons (Fsp3) is 0.556. The predicted octanol–water partition coefficient (Wildman–Crippen LogP) is 2.44. The molecule has 0 unspecified atom stereocenters. The lowest BCUT2D eigenvalue weighted by Crippen LogP contribution is -2.43. The van der Waals surface area contributed by atoms with Crippen molar-refractivity contribution in [2.45, 2.75) is 25.8 Å². The minimum Gasteiger partial charge on any atom is -0.346 e. The molecule has 0 atom stereocenters. The van der Waals surface area contributed by atoms with Gasteiger partial charge in [-0.2, -0.15) is 0 Å². The number of amides is 1. The lowest BCUT2D eigenvalue weighted by Gasteiger charge is -2.24. The van der Waals surface area contributed by atoms with Crippen LogP contribution in [0.1, 0.15) is 29.9 Å². The van der Waals surface area contributed by atoms with E-state index >= 15 is 0 Å². The zero-order chi connectivity index (χ0) is 10.6. The van der Waals surface area contributed by atoms with Gasteiger partial charge in [0, 0.05) is 10.9 Å². The summed E-state index contributed by atoms with van der Waals surface area (Å²) >= 11 is 4.72. The predicted molar refractivity (Wildman–Crippen MR) is 62.1 cm³/mol. The van der Waals surface area contributed by atoms with Crippen molar-refractivity contribution in [3.05, 3.63) is 16.6 Å². The largest absolute Gasteiger partial charge is 0.346 e. The Kier molecular flexibility index (Phi) is 4.07. The van der Waals surface area contributed by atoms with Crippen LogP contribution in [0.5, 0.6) is 0 Å². The van der Waals surface area contributed by atoms with Crippen LogP contribution in [0.15, 0.2) is 11.7 Å². The average Bonchev–Trinajstić information content (AvgIpc) is 2.53. The molecular weight excluding hydrogens is 264 g/mol. The van der Waals surface area contributed by atoms with E-state index in [0.29, 0.717) is 4.88 Å². The summed E-state index contributed by atoms with van der Waals surface area (Å²) in [4.78, 5) is 16.2. The first kappa shape index (κ1) is 11.7. The topological polar surface area (TPSA) is 42.0 Å². The molecule has 0 aliphatic rings. The van der Waals surface area contributed by atoms with Gasteiger partial charge in [0.2, 0.25) is 0 Å². The van der Waals surface area contributed by atoms with Gasteiger partial charge in [-0.25, -0.2) is 0 Å². The van der Waals surface area contributed by atoms with Crippen molar-refractivity contribution < 1.29 is 4.79 Å². The van der Waals surface area contributed by atoms with Crippen molar-refractivity contribution in [3.8, 4) is 0 Å². The third-order valence-corrected chi connectivity index (χ3v) is 3.00. The smallest absolute Gasteiger partial charge is 0.263 e. The number of nitrogens with zero attached hydrogens (tertiary/aromatic N) is 1. The Morgan fingerprint density at radius 1 is 1.71 bits per heavy atom. The number of rotatable bonds is 4. The molecule has 1 aromatic rings. The minimum absolute atomic E-state index is 0.0431. The molecule has 5 heteroatoms. The molecule has 0 aliphatic carbocycles. The molecule has 1 amide bonds. The van der Waals surface area contributed by atoms with Crippen LogP contribution < -0.4 is 5.32 Å². The second kappa shape index (κ2) is 4.89. The van der Waals surface area contributed by atoms with E-state index < -0.39 is 0 Å². The van der Waals surface area contributed by atoms with Crippen LogP contribution in [0, 0.1) is 0 Å². The zero-order valence-electron chi connectivity index (χ0n) is 8.21. The molecule has 0 bridgehead atoms. The minimum atomic E-state index is -0.176. The molecule has 0 saturated carbocycles. The molecular formula is C9H13BrN2OS. The van der Waals surface area contributed by atoms with Crippen LogP contribution in [0.2, 0.25) is 0 Å². The monoisotopic (exact) mass is 276 g/mol. The molecule has 1 N–H and O–H groups in total. The highest BCUT2D eigenvalue weighted by Crippen LogP contribution is 2.13. The number of alkyl halides is 1. The first-order valence-corrected chi connectivity index (χ1v) is 6.32. The summed E-state index contributed by atoms with van der Waals surface area (Å²) in [6.45, 7) is 4.01. The van der Waals surface area contributed by atoms with E-state index in [0.717, 1.165) is 11.8 Å². The van der Waals surface area contributed by atoms with Gasteiger partial charge in [0.05, 0.1) is 11.7 Å². The molecule has 1 heterocycles. The van der Waals surface area contributed by atoms with Gasteiger partial charge in [0.25, 0.3) is 5.91 Å². The molecule has 0 saturated heterocycles. The summed E-state index contributed by atoms with van der Waals surface area (Å²) in [5.74, 6) is -0.0431. The van der Waals surface area contributed by atoms with E-state index in [1.807, 2.05) is 13.8 Å². The maximum Gasteiger partial charge on any atom is 0.263 e. The fourth-order valence-corrected chi connectivity index (χ4v) is 2.50. The van der Waals surface area contributed by atoms with Crippen LogP contribution in [0.3, 0.4) is 0 Å². The third-order valence-electron chi connectivity index (χ3n) is 1.83. The Bertz CT molecular complexity index is 298. The zero-order valence-corrected chi connectivity index (χ0v) is 10.6. The van der Waals surface area contributed by atoms with Gasteiger partial charge in [-0.1, -0.05) is 15.9 Å². The summed E-state index contributed by atoms with van der Waals surface area (Å²) in [5.41, 5.74) is 1.48. The van der Waals surface area contributed by atoms with Crippen molar-refractivity contribution in [1.29, 1.82) is 0 Å². The Morgan fingerprint density at radius 2 is 2.43 bits per heavy atom. The van der Waals surface area contributed by atoms with Crippen LogP contribution in [0.25, 0.3) is 0 Å². The van der Waals surface area contributed by atoms with Crippen LogP contribution in [-0.4, -0.2) is 21.8 Å². The first-order chi connectivity index (χ1) is 6.55. The van der Waals surface area contributed by atoms with Gasteiger partial charge >= 0.3 is 0 Å². The second-order valence-corrected chi connectivity index (χ2v) is 5.32. The number of hydrogen-bond acceptors (Lipinski definition) is 3. The van der Waals surface area contributed by atoms with E-state index in [4.69, 9.17) is 0 Å². The molecule has 78 valence electrons. The molecule has 0 radical (unpaired) electrons. The van der Waals surface area contributed by atoms with Crippen molar-refractivity contribution in [2.75, 3.05) is 5.33 Å². The Morgan fingerprint density at radius 3 is 2.93 bits per heavy atom. The molecule has 0 spiro atoms. The van der Waals surface area contributed by atoms with E-state index in [9.17, 15) is 4.79 Å². The maximum absolute atomic E-state index is 11.6. The first-order valence-electron chi connectivity index (χ1n) is 4.32. The highest BCUT2D eigenvalue weighted by atomic mass is 79.9. The second-order valence-electron chi connectivity index (χ2n) is 3.64. The maximum atomic E-state index is 11.6. The lowest BCUT2D eigenvalue weighted by atomic mass is 10.0. The third kappa shape index (κ3) is 3.38. The van der Waals surface area contributed by atoms with Gasteiger partial charge in [-0.15, -0.1) is 11.3 Å². The molecule has 14 heavy (non-hydrogen) atoms. The van der Waals surface area contributed by atoms with Gasteiger partial charge < -0.3 is 5.32 Å². The normalized spacial score (nSPS) is 11.4. The van der Waals surface area contributed by atoms with Crippen LogP contribution >= 0.6 is 27.3 Å². The Hall–Kier alpha value is -0.420. The molecule has 1 rings (SSSR count). The summed E-state index contributed by atoms with van der Waals surface area (Å²) < 4.78 is 0. The molecule has 3 nitrogen and oxygen atoms in total. The van der Waals surface area contributed by atoms with E-state index in [1.54, 1.807) is 11.7 Å². The number of thiazole rings is 1. The van der Waals surface area contributed by atoms with Crippen molar-refractivity contribution in [1.82, 2.24) is 10.3 Å². The van der Waals surface area contributed by atoms with Gasteiger partial charge in [-0.3, -0.25) is 9.78 Å². The Balaban J connectivity index is 2.57. The average molecular weight is 277 g/mol. The highest BCUT2D eigenvalue weighted by molar-refractivity contribution is 9.09. The van der Waals surface area contributed by atoms with Crippen LogP contribution in [0.4, 0.5) is 0 Å². The number of hydrogen-bond donors (Lipinski definition) is 1. The molecule has 0 aromatic carbocycles. The lowest BCUT2D eigenvalue weighted by molar-refractivity contribution is 0.0916. The summed E-state index contributed by atoms with van der Waals surface area (Å²) in [7, 11) is 0. The van der Waals surface area contributed by atoms with Gasteiger partial charge in [0.15, 0.2) is 0 Å². The molecule has 1 aromatic heterocycles. The van der Waals surface area contributed by atoms with Gasteiger partial charge in [-0.05, 0) is 20.3 Å². The standard InChI is InChI=1S/C9H13BrN2OS/c1-9(2,3-4-10)12-8(13)7-5-11-6-14-7/h5-6H,3-4H2,1-2H3,(H,12,13). The number of carbonyl (C=O) groups excluding carboxylic acids is 1. The summed E-state index contributed by atoms with van der Waals surface area (Å²) in [6, 6.07) is 0. The summed E-state index contributed by atoms with van der Waals surface area (Å²) in [6.07, 6.45) is 2.49. The van der Waals surface area contributed by atoms with E-state index in [-0.39, 0.29) is 11.4 Å². The fourth-order valence-electron chi connectivity index (χ4n) is 0.996. The van der Waals surface area contributed by atoms with Crippen molar-refractivity contribution in [2.24, 2.45) is 0 Å². The Labute approximate surface area is 96.1 Å². The number of nitrogens with one attached hydrogen (secondary N) is 1. The van der Waals surface area contributed by atoms with E-state index in [1.165, 1.54) is 11.3 Å². The van der Waals surface area contributed by atoms with Crippen LogP contribution in [-0.2, 0) is 0 Å². The quantitative estimate of drug-likeness (QED) is 0.859. The van der Waals surface area contributed by atoms with Gasteiger partial charge in [0.1, 0.15) is 4.88 Å². The summed E-state index contributed by atoms with van der Waals surface area (Å²) in [5, 5.41) is 3.84. The number of carbonyl (C=O) groups is 1.